The molecule has 0 fully saturated rings. The second-order valence-electron chi connectivity index (χ2n) is 4.03. The van der Waals surface area contributed by atoms with Gasteiger partial charge in [0, 0.05) is 12.2 Å². The number of ether oxygens (including phenoxy) is 1. The minimum atomic E-state index is -0.299. The van der Waals surface area contributed by atoms with Gasteiger partial charge in [0.2, 0.25) is 5.75 Å². The number of anilines is 2. The number of H-pyrrole nitrogens is 1. The number of nitrogens with one attached hydrogen (secondary N) is 2. The molecular weight excluding hydrogens is 244 g/mol. The molecule has 0 atom stereocenters. The average Bonchev–Trinajstić information content (AvgIpc) is 2.41. The minimum Gasteiger partial charge on any atom is -0.489 e. The summed E-state index contributed by atoms with van der Waals surface area (Å²) in [5, 5.41) is 3.08. The Morgan fingerprint density at radius 2 is 2.11 bits per heavy atom. The van der Waals surface area contributed by atoms with Crippen LogP contribution < -0.4 is 21.3 Å². The Morgan fingerprint density at radius 3 is 2.79 bits per heavy atom. The van der Waals surface area contributed by atoms with Crippen LogP contribution in [0, 0.1) is 0 Å². The number of aromatic nitrogens is 2. The van der Waals surface area contributed by atoms with E-state index in [2.05, 4.69) is 15.3 Å². The fourth-order valence-electron chi connectivity index (χ4n) is 1.71. The van der Waals surface area contributed by atoms with Crippen molar-refractivity contribution in [1.29, 1.82) is 0 Å². The van der Waals surface area contributed by atoms with Crippen LogP contribution in [0.25, 0.3) is 0 Å². The zero-order chi connectivity index (χ0) is 13.7. The summed E-state index contributed by atoms with van der Waals surface area (Å²) in [6.07, 6.45) is 2.15. The van der Waals surface area contributed by atoms with E-state index < -0.39 is 0 Å². The van der Waals surface area contributed by atoms with Gasteiger partial charge in [0.25, 0.3) is 5.56 Å². The number of aromatic amines is 1. The Bertz CT molecular complexity index is 592. The van der Waals surface area contributed by atoms with Crippen molar-refractivity contribution in [3.8, 4) is 5.75 Å². The second kappa shape index (κ2) is 5.90. The van der Waals surface area contributed by atoms with E-state index in [1.54, 1.807) is 0 Å². The van der Waals surface area contributed by atoms with Crippen LogP contribution in [0.3, 0.4) is 0 Å². The van der Waals surface area contributed by atoms with Crippen LogP contribution >= 0.6 is 0 Å². The first-order valence-corrected chi connectivity index (χ1v) is 5.90. The van der Waals surface area contributed by atoms with E-state index in [1.165, 1.54) is 13.4 Å². The molecule has 19 heavy (non-hydrogen) atoms. The molecule has 1 aromatic heterocycles. The maximum absolute atomic E-state index is 11.5. The lowest BCUT2D eigenvalue weighted by molar-refractivity contribution is 0.408. The minimum absolute atomic E-state index is 0.194. The molecule has 1 heterocycles. The molecule has 2 rings (SSSR count). The van der Waals surface area contributed by atoms with Gasteiger partial charge < -0.3 is 20.8 Å². The number of benzene rings is 1. The van der Waals surface area contributed by atoms with Gasteiger partial charge in [0.05, 0.1) is 13.4 Å². The molecule has 100 valence electrons. The number of nitrogens with zero attached hydrogens (tertiary/aromatic N) is 1. The van der Waals surface area contributed by atoms with E-state index in [4.69, 9.17) is 10.5 Å². The van der Waals surface area contributed by atoms with E-state index >= 15 is 0 Å². The molecule has 0 aliphatic carbocycles. The zero-order valence-corrected chi connectivity index (χ0v) is 10.6. The van der Waals surface area contributed by atoms with Crippen LogP contribution in [0.5, 0.6) is 5.75 Å². The highest BCUT2D eigenvalue weighted by molar-refractivity contribution is 5.48. The molecule has 0 unspecified atom stereocenters. The average molecular weight is 260 g/mol. The number of hydrogen-bond donors (Lipinski definition) is 3. The van der Waals surface area contributed by atoms with Crippen molar-refractivity contribution in [3.05, 3.63) is 46.5 Å². The first-order valence-electron chi connectivity index (χ1n) is 5.90. The summed E-state index contributed by atoms with van der Waals surface area (Å²) >= 11 is 0. The molecule has 0 bridgehead atoms. The number of methoxy groups -OCH3 is 1. The zero-order valence-electron chi connectivity index (χ0n) is 10.6. The summed E-state index contributed by atoms with van der Waals surface area (Å²) in [5.74, 6) is 0.640. The summed E-state index contributed by atoms with van der Waals surface area (Å²) < 4.78 is 5.01. The van der Waals surface area contributed by atoms with Crippen molar-refractivity contribution >= 4 is 11.5 Å². The molecule has 0 amide bonds. The van der Waals surface area contributed by atoms with Crippen LogP contribution in [-0.2, 0) is 6.42 Å². The van der Waals surface area contributed by atoms with Gasteiger partial charge in [0.15, 0.2) is 5.82 Å². The van der Waals surface area contributed by atoms with Crippen molar-refractivity contribution in [2.75, 3.05) is 24.7 Å². The lowest BCUT2D eigenvalue weighted by Crippen LogP contribution is -2.15. The molecule has 0 radical (unpaired) electrons. The first-order chi connectivity index (χ1) is 9.20. The maximum Gasteiger partial charge on any atom is 0.295 e. The first kappa shape index (κ1) is 12.9. The molecule has 1 aromatic carbocycles. The SMILES string of the molecule is COc1c(NCCc2ccc(N)cc2)nc[nH]c1=O. The van der Waals surface area contributed by atoms with Crippen molar-refractivity contribution in [3.63, 3.8) is 0 Å². The quantitative estimate of drug-likeness (QED) is 0.698. The van der Waals surface area contributed by atoms with E-state index in [0.717, 1.165) is 17.7 Å². The Hall–Kier alpha value is -2.50. The highest BCUT2D eigenvalue weighted by Crippen LogP contribution is 2.14. The van der Waals surface area contributed by atoms with Crippen LogP contribution in [-0.4, -0.2) is 23.6 Å². The number of hydrogen-bond acceptors (Lipinski definition) is 5. The number of nitrogens with two attached hydrogens (primary N) is 1. The third-order valence-electron chi connectivity index (χ3n) is 2.70. The molecule has 6 nitrogen and oxygen atoms in total. The third-order valence-corrected chi connectivity index (χ3v) is 2.70. The highest BCUT2D eigenvalue weighted by Gasteiger charge is 2.07. The van der Waals surface area contributed by atoms with Crippen LogP contribution in [0.1, 0.15) is 5.56 Å². The predicted molar refractivity (Wildman–Crippen MR) is 74.5 cm³/mol. The molecule has 0 aliphatic rings. The molecule has 0 aliphatic heterocycles. The Labute approximate surface area is 110 Å². The third kappa shape index (κ3) is 3.25. The van der Waals surface area contributed by atoms with Crippen LogP contribution in [0.2, 0.25) is 0 Å². The maximum atomic E-state index is 11.5. The van der Waals surface area contributed by atoms with Gasteiger partial charge in [-0.25, -0.2) is 4.98 Å². The smallest absolute Gasteiger partial charge is 0.295 e. The van der Waals surface area contributed by atoms with E-state index in [-0.39, 0.29) is 11.3 Å². The molecule has 6 heteroatoms. The van der Waals surface area contributed by atoms with Crippen LogP contribution in [0.15, 0.2) is 35.4 Å². The van der Waals surface area contributed by atoms with Crippen molar-refractivity contribution in [2.24, 2.45) is 0 Å². The lowest BCUT2D eigenvalue weighted by Gasteiger charge is -2.08. The molecule has 0 saturated heterocycles. The molecular formula is C13H16N4O2. The van der Waals surface area contributed by atoms with E-state index in [0.29, 0.717) is 12.4 Å². The van der Waals surface area contributed by atoms with Gasteiger partial charge in [-0.2, -0.15) is 0 Å². The summed E-state index contributed by atoms with van der Waals surface area (Å²) in [6, 6.07) is 7.67. The monoisotopic (exact) mass is 260 g/mol. The Kier molecular flexibility index (Phi) is 4.02. The molecule has 0 saturated carbocycles. The van der Waals surface area contributed by atoms with Gasteiger partial charge in [-0.05, 0) is 24.1 Å². The topological polar surface area (TPSA) is 93.0 Å². The summed E-state index contributed by atoms with van der Waals surface area (Å²) in [5.41, 5.74) is 7.22. The molecule has 0 spiro atoms. The second-order valence-corrected chi connectivity index (χ2v) is 4.03. The Morgan fingerprint density at radius 1 is 1.37 bits per heavy atom. The van der Waals surface area contributed by atoms with Gasteiger partial charge in [0.1, 0.15) is 0 Å². The number of nitrogen functional groups attached to an aromatic ring is 1. The Balaban J connectivity index is 1.98. The molecule has 4 N–H and O–H groups in total. The fraction of sp³-hybridized carbons (Fsp3) is 0.231. The van der Waals surface area contributed by atoms with Gasteiger partial charge in [-0.1, -0.05) is 12.1 Å². The molecule has 2 aromatic rings. The lowest BCUT2D eigenvalue weighted by atomic mass is 10.1. The van der Waals surface area contributed by atoms with Crippen molar-refractivity contribution in [2.45, 2.75) is 6.42 Å². The van der Waals surface area contributed by atoms with Gasteiger partial charge in [-0.3, -0.25) is 4.79 Å². The standard InChI is InChI=1S/C13H16N4O2/c1-19-11-12(16-8-17-13(11)18)15-7-6-9-2-4-10(14)5-3-9/h2-5,8H,6-7,14H2,1H3,(H2,15,16,17,18). The highest BCUT2D eigenvalue weighted by atomic mass is 16.5. The van der Waals surface area contributed by atoms with Crippen molar-refractivity contribution in [1.82, 2.24) is 9.97 Å². The van der Waals surface area contributed by atoms with Crippen molar-refractivity contribution < 1.29 is 4.74 Å². The van der Waals surface area contributed by atoms with Gasteiger partial charge in [-0.15, -0.1) is 0 Å². The number of rotatable bonds is 5. The van der Waals surface area contributed by atoms with E-state index in [9.17, 15) is 4.79 Å². The van der Waals surface area contributed by atoms with E-state index in [1.807, 2.05) is 24.3 Å². The predicted octanol–water partition coefficient (Wildman–Crippen LogP) is 1.02. The summed E-state index contributed by atoms with van der Waals surface area (Å²) in [4.78, 5) is 18.0. The fourth-order valence-corrected chi connectivity index (χ4v) is 1.71. The van der Waals surface area contributed by atoms with Crippen LogP contribution in [0.4, 0.5) is 11.5 Å². The van der Waals surface area contributed by atoms with Gasteiger partial charge >= 0.3 is 0 Å². The summed E-state index contributed by atoms with van der Waals surface area (Å²) in [6.45, 7) is 0.650. The normalized spacial score (nSPS) is 10.2. The summed E-state index contributed by atoms with van der Waals surface area (Å²) in [7, 11) is 1.44. The largest absolute Gasteiger partial charge is 0.489 e.